The summed E-state index contributed by atoms with van der Waals surface area (Å²) in [6, 6.07) is 14.0. The fourth-order valence-corrected chi connectivity index (χ4v) is 5.38. The van der Waals surface area contributed by atoms with Crippen molar-refractivity contribution in [3.05, 3.63) is 54.1 Å². The number of thioether (sulfide) groups is 1. The number of nitrogens with two attached hydrogens (primary N) is 1. The lowest BCUT2D eigenvalue weighted by Crippen LogP contribution is -2.42. The van der Waals surface area contributed by atoms with Crippen molar-refractivity contribution in [2.24, 2.45) is 5.73 Å². The molecule has 2 aromatic carbocycles. The van der Waals surface area contributed by atoms with E-state index in [1.807, 2.05) is 63.2 Å². The molecule has 0 spiro atoms. The number of rotatable bonds is 11. The maximum Gasteiger partial charge on any atom is 0.368 e. The largest absolute Gasteiger partial charge is 0.467 e. The lowest BCUT2D eigenvalue weighted by Gasteiger charge is -2.20. The second kappa shape index (κ2) is 14.2. The molecule has 1 aliphatic heterocycles. The Kier molecular flexibility index (Phi) is 11.0. The Morgan fingerprint density at radius 1 is 1.12 bits per heavy atom. The predicted molar refractivity (Wildman–Crippen MR) is 156 cm³/mol. The van der Waals surface area contributed by atoms with Crippen molar-refractivity contribution in [2.75, 3.05) is 25.5 Å². The molecule has 0 saturated carbocycles. The third-order valence-corrected chi connectivity index (χ3v) is 7.17. The summed E-state index contributed by atoms with van der Waals surface area (Å²) in [7, 11) is 1.22. The van der Waals surface area contributed by atoms with Gasteiger partial charge in [-0.25, -0.2) is 9.59 Å². The highest BCUT2D eigenvalue weighted by Crippen LogP contribution is 2.28. The van der Waals surface area contributed by atoms with E-state index in [-0.39, 0.29) is 29.4 Å². The molecular weight excluding hydrogens is 532 g/mol. The Morgan fingerprint density at radius 2 is 1.85 bits per heavy atom. The number of carbonyl (C=O) groups excluding carboxylic acids is 4. The van der Waals surface area contributed by atoms with Crippen LogP contribution in [0, 0.1) is 0 Å². The Bertz CT molecular complexity index is 1200. The number of hydrogen-bond donors (Lipinski definition) is 4. The molecule has 11 heteroatoms. The van der Waals surface area contributed by atoms with Gasteiger partial charge in [0.1, 0.15) is 11.6 Å². The van der Waals surface area contributed by atoms with Gasteiger partial charge in [-0.15, -0.1) is 0 Å². The van der Waals surface area contributed by atoms with Gasteiger partial charge in [0.25, 0.3) is 5.91 Å². The van der Waals surface area contributed by atoms with E-state index in [0.29, 0.717) is 24.2 Å². The molecule has 3 unspecified atom stereocenters. The van der Waals surface area contributed by atoms with E-state index in [1.165, 1.54) is 18.9 Å². The van der Waals surface area contributed by atoms with Crippen LogP contribution in [0.15, 0.2) is 48.5 Å². The summed E-state index contributed by atoms with van der Waals surface area (Å²) in [6.07, 6.45) is 0.740. The van der Waals surface area contributed by atoms with Crippen LogP contribution < -0.4 is 21.7 Å². The fraction of sp³-hybridized carbons (Fsp3) is 0.448. The molecule has 0 bridgehead atoms. The highest BCUT2D eigenvalue weighted by atomic mass is 32.2. The molecule has 40 heavy (non-hydrogen) atoms. The summed E-state index contributed by atoms with van der Waals surface area (Å²) in [5.74, 6) is -1.71. The number of primary amides is 1. The average molecular weight is 571 g/mol. The van der Waals surface area contributed by atoms with E-state index in [4.69, 9.17) is 15.2 Å². The minimum Gasteiger partial charge on any atom is -0.467 e. The van der Waals surface area contributed by atoms with E-state index in [2.05, 4.69) is 16.0 Å². The topological polar surface area (TPSA) is 149 Å². The number of carbonyl (C=O) groups is 4. The van der Waals surface area contributed by atoms with Gasteiger partial charge in [0.2, 0.25) is 5.91 Å². The maximum absolute atomic E-state index is 13.4. The van der Waals surface area contributed by atoms with Crippen molar-refractivity contribution in [3.63, 3.8) is 0 Å². The van der Waals surface area contributed by atoms with Gasteiger partial charge in [-0.2, -0.15) is 0 Å². The summed E-state index contributed by atoms with van der Waals surface area (Å²) < 4.78 is 10.2. The normalized spacial score (nSPS) is 17.5. The molecule has 0 radical (unpaired) electrons. The molecule has 1 heterocycles. The van der Waals surface area contributed by atoms with Crippen LogP contribution in [0.25, 0.3) is 11.1 Å². The number of hydrogen-bond acceptors (Lipinski definition) is 9. The van der Waals surface area contributed by atoms with Gasteiger partial charge in [-0.3, -0.25) is 9.59 Å². The minimum atomic E-state index is -1.02. The first-order valence-electron chi connectivity index (χ1n) is 13.2. The number of nitrogens with one attached hydrogen (secondary N) is 3. The van der Waals surface area contributed by atoms with Crippen molar-refractivity contribution in [2.45, 2.75) is 63.0 Å². The quantitative estimate of drug-likeness (QED) is 0.297. The van der Waals surface area contributed by atoms with Crippen molar-refractivity contribution >= 4 is 40.5 Å². The number of anilines is 1. The van der Waals surface area contributed by atoms with Gasteiger partial charge in [0.15, 0.2) is 0 Å². The predicted octanol–water partition coefficient (Wildman–Crippen LogP) is 3.70. The SMILES string of the molecule is COC(=O)C(CCC(N)=O)NC(=O)c1cc(NCC2CC(SC(=O)OC(C)(C)C)CN2)ccc1-c1ccccc1. The van der Waals surface area contributed by atoms with Crippen molar-refractivity contribution in [3.8, 4) is 11.1 Å². The lowest BCUT2D eigenvalue weighted by atomic mass is 9.98. The average Bonchev–Trinajstić information content (AvgIpc) is 3.35. The molecule has 3 rings (SSSR count). The highest BCUT2D eigenvalue weighted by molar-refractivity contribution is 8.13. The van der Waals surface area contributed by atoms with Gasteiger partial charge in [0, 0.05) is 42.1 Å². The first-order valence-corrected chi connectivity index (χ1v) is 14.1. The van der Waals surface area contributed by atoms with E-state index < -0.39 is 29.4 Å². The van der Waals surface area contributed by atoms with Gasteiger partial charge in [0.05, 0.1) is 7.11 Å². The number of benzene rings is 2. The number of ether oxygens (including phenoxy) is 2. The molecule has 216 valence electrons. The molecule has 0 aromatic heterocycles. The number of esters is 1. The molecule has 0 aliphatic carbocycles. The zero-order valence-corrected chi connectivity index (χ0v) is 24.1. The van der Waals surface area contributed by atoms with Crippen molar-refractivity contribution < 1.29 is 28.7 Å². The van der Waals surface area contributed by atoms with Crippen molar-refractivity contribution in [1.29, 1.82) is 0 Å². The van der Waals surface area contributed by atoms with Crippen LogP contribution in [0.5, 0.6) is 0 Å². The Balaban J connectivity index is 1.72. The van der Waals surface area contributed by atoms with Crippen LogP contribution in [-0.4, -0.2) is 66.2 Å². The fourth-order valence-electron chi connectivity index (χ4n) is 4.30. The molecule has 1 aliphatic rings. The van der Waals surface area contributed by atoms with Crippen LogP contribution in [-0.2, 0) is 19.1 Å². The first kappa shape index (κ1) is 31.0. The van der Waals surface area contributed by atoms with Crippen LogP contribution in [0.3, 0.4) is 0 Å². The van der Waals surface area contributed by atoms with Gasteiger partial charge in [-0.1, -0.05) is 36.4 Å². The standard InChI is InChI=1S/C29H38N4O6S/c1-29(2,3)39-28(37)40-21-14-20(32-17-21)16-31-19-10-11-22(18-8-6-5-7-9-18)23(15-19)26(35)33-24(27(36)38-4)12-13-25(30)34/h5-11,15,20-21,24,31-32H,12-14,16-17H2,1-4H3,(H2,30,34)(H,33,35). The summed E-state index contributed by atoms with van der Waals surface area (Å²) in [5, 5.41) is 9.35. The molecule has 2 amide bonds. The molecule has 3 atom stereocenters. The first-order chi connectivity index (χ1) is 18.9. The van der Waals surface area contributed by atoms with E-state index >= 15 is 0 Å². The zero-order chi connectivity index (χ0) is 29.3. The van der Waals surface area contributed by atoms with E-state index in [9.17, 15) is 19.2 Å². The second-order valence-corrected chi connectivity index (χ2v) is 11.8. The second-order valence-electron chi connectivity index (χ2n) is 10.6. The summed E-state index contributed by atoms with van der Waals surface area (Å²) in [6.45, 7) is 6.82. The summed E-state index contributed by atoms with van der Waals surface area (Å²) in [5.41, 5.74) is 7.34. The minimum absolute atomic E-state index is 0.0299. The molecule has 10 nitrogen and oxygen atoms in total. The Morgan fingerprint density at radius 3 is 2.50 bits per heavy atom. The number of methoxy groups -OCH3 is 1. The Labute approximate surface area is 239 Å². The van der Waals surface area contributed by atoms with Crippen molar-refractivity contribution in [1.82, 2.24) is 10.6 Å². The van der Waals surface area contributed by atoms with Crippen LogP contribution in [0.1, 0.15) is 50.4 Å². The molecule has 2 aromatic rings. The zero-order valence-electron chi connectivity index (χ0n) is 23.3. The van der Waals surface area contributed by atoms with E-state index in [1.54, 1.807) is 6.07 Å². The van der Waals surface area contributed by atoms with Crippen LogP contribution >= 0.6 is 11.8 Å². The lowest BCUT2D eigenvalue weighted by molar-refractivity contribution is -0.143. The maximum atomic E-state index is 13.4. The summed E-state index contributed by atoms with van der Waals surface area (Å²) in [4.78, 5) is 49.2. The van der Waals surface area contributed by atoms with Gasteiger partial charge >= 0.3 is 11.3 Å². The molecular formula is C29H38N4O6S. The number of amides is 2. The molecule has 1 saturated heterocycles. The third-order valence-electron chi connectivity index (χ3n) is 6.21. The smallest absolute Gasteiger partial charge is 0.368 e. The Hall–Kier alpha value is -3.57. The monoisotopic (exact) mass is 570 g/mol. The van der Waals surface area contributed by atoms with Gasteiger partial charge in [-0.05, 0) is 68.6 Å². The van der Waals surface area contributed by atoms with Crippen LogP contribution in [0.2, 0.25) is 0 Å². The van der Waals surface area contributed by atoms with Crippen LogP contribution in [0.4, 0.5) is 10.5 Å². The van der Waals surface area contributed by atoms with Gasteiger partial charge < -0.3 is 31.2 Å². The highest BCUT2D eigenvalue weighted by Gasteiger charge is 2.29. The third kappa shape index (κ3) is 9.56. The van der Waals surface area contributed by atoms with E-state index in [0.717, 1.165) is 17.7 Å². The molecule has 5 N–H and O–H groups in total. The molecule has 1 fully saturated rings. The summed E-state index contributed by atoms with van der Waals surface area (Å²) >= 11 is 1.21.